The maximum absolute atomic E-state index is 14.0. The van der Waals surface area contributed by atoms with Gasteiger partial charge in [-0.2, -0.15) is 0 Å². The van der Waals surface area contributed by atoms with E-state index in [1.165, 1.54) is 34.6 Å². The molecule has 6 rings (SSSR count). The summed E-state index contributed by atoms with van der Waals surface area (Å²) < 4.78 is 21.3. The Balaban J connectivity index is 1.70. The van der Waals surface area contributed by atoms with Crippen molar-refractivity contribution in [1.82, 2.24) is 19.5 Å². The first kappa shape index (κ1) is 19.4. The monoisotopic (exact) mass is 468 g/mol. The molecular formula is C22H14ClFN4O3S. The van der Waals surface area contributed by atoms with Gasteiger partial charge in [-0.1, -0.05) is 17.7 Å². The number of phenolic OH excluding ortho intramolecular Hbond substituents is 1. The second-order valence-corrected chi connectivity index (χ2v) is 9.12. The van der Waals surface area contributed by atoms with Crippen molar-refractivity contribution in [2.75, 3.05) is 0 Å². The van der Waals surface area contributed by atoms with Crippen LogP contribution in [0.4, 0.5) is 4.39 Å². The van der Waals surface area contributed by atoms with Crippen LogP contribution in [-0.2, 0) is 6.54 Å². The minimum atomic E-state index is -0.428. The van der Waals surface area contributed by atoms with Gasteiger partial charge in [-0.15, -0.1) is 11.3 Å². The number of halogens is 2. The fourth-order valence-corrected chi connectivity index (χ4v) is 5.26. The molecule has 1 aliphatic rings. The van der Waals surface area contributed by atoms with E-state index in [1.807, 2.05) is 0 Å². The van der Waals surface area contributed by atoms with Gasteiger partial charge in [-0.3, -0.25) is 9.36 Å². The highest BCUT2D eigenvalue weighted by Gasteiger charge is 2.30. The molecule has 0 unspecified atom stereocenters. The van der Waals surface area contributed by atoms with Gasteiger partial charge in [-0.05, 0) is 36.5 Å². The van der Waals surface area contributed by atoms with Gasteiger partial charge in [-0.25, -0.2) is 19.3 Å². The van der Waals surface area contributed by atoms with E-state index in [2.05, 4.69) is 9.97 Å². The van der Waals surface area contributed by atoms with E-state index in [9.17, 15) is 14.3 Å². The highest BCUT2D eigenvalue weighted by molar-refractivity contribution is 7.25. The Bertz CT molecular complexity index is 1570. The fraction of sp³-hybridized carbons (Fsp3) is 0.182. The lowest BCUT2D eigenvalue weighted by Gasteiger charge is -2.14. The van der Waals surface area contributed by atoms with Crippen molar-refractivity contribution in [1.29, 1.82) is 0 Å². The molecule has 4 aromatic heterocycles. The summed E-state index contributed by atoms with van der Waals surface area (Å²) in [7, 11) is 0. The molecule has 0 saturated heterocycles. The van der Waals surface area contributed by atoms with Crippen LogP contribution in [0.1, 0.15) is 30.1 Å². The average molecular weight is 469 g/mol. The number of fused-ring (bicyclic) bond motifs is 3. The lowest BCUT2D eigenvalue weighted by atomic mass is 10.1. The van der Waals surface area contributed by atoms with E-state index in [4.69, 9.17) is 21.0 Å². The Labute approximate surface area is 188 Å². The zero-order valence-electron chi connectivity index (χ0n) is 16.4. The topological polar surface area (TPSA) is 94.0 Å². The second kappa shape index (κ2) is 7.11. The van der Waals surface area contributed by atoms with E-state index in [0.717, 1.165) is 24.6 Å². The van der Waals surface area contributed by atoms with Crippen LogP contribution in [-0.4, -0.2) is 24.6 Å². The zero-order valence-corrected chi connectivity index (χ0v) is 18.0. The van der Waals surface area contributed by atoms with Gasteiger partial charge in [0.1, 0.15) is 22.1 Å². The number of rotatable bonds is 4. The SMILES string of the molecule is O=c1c2c(nc(-c3ncc(F)cc3C3CC3)n1Cc1cnco1)sc1c(O)c(Cl)ccc12. The minimum absolute atomic E-state index is 0.0805. The molecule has 1 fully saturated rings. The average Bonchev–Trinajstić information content (AvgIpc) is 3.36. The van der Waals surface area contributed by atoms with Crippen LogP contribution >= 0.6 is 22.9 Å². The summed E-state index contributed by atoms with van der Waals surface area (Å²) in [5, 5.41) is 11.6. The number of phenols is 1. The minimum Gasteiger partial charge on any atom is -0.505 e. The molecule has 10 heteroatoms. The van der Waals surface area contributed by atoms with Crippen molar-refractivity contribution >= 4 is 43.2 Å². The van der Waals surface area contributed by atoms with Gasteiger partial charge >= 0.3 is 0 Å². The summed E-state index contributed by atoms with van der Waals surface area (Å²) in [5.41, 5.74) is 0.879. The normalized spacial score (nSPS) is 13.9. The Kier molecular flexibility index (Phi) is 4.31. The lowest BCUT2D eigenvalue weighted by Crippen LogP contribution is -2.24. The first-order valence-electron chi connectivity index (χ1n) is 9.89. The van der Waals surface area contributed by atoms with E-state index in [-0.39, 0.29) is 28.8 Å². The van der Waals surface area contributed by atoms with Crippen LogP contribution in [0.25, 0.3) is 31.8 Å². The van der Waals surface area contributed by atoms with Crippen molar-refractivity contribution in [3.8, 4) is 17.3 Å². The van der Waals surface area contributed by atoms with Crippen LogP contribution < -0.4 is 5.56 Å². The number of pyridine rings is 1. The highest BCUT2D eigenvalue weighted by atomic mass is 35.5. The van der Waals surface area contributed by atoms with Gasteiger partial charge in [0.25, 0.3) is 5.56 Å². The summed E-state index contributed by atoms with van der Waals surface area (Å²) >= 11 is 7.25. The van der Waals surface area contributed by atoms with E-state index in [0.29, 0.717) is 37.6 Å². The van der Waals surface area contributed by atoms with Crippen molar-refractivity contribution in [3.05, 3.63) is 69.5 Å². The lowest BCUT2D eigenvalue weighted by molar-refractivity contribution is 0.482. The second-order valence-electron chi connectivity index (χ2n) is 7.71. The van der Waals surface area contributed by atoms with Gasteiger partial charge < -0.3 is 9.52 Å². The van der Waals surface area contributed by atoms with Crippen LogP contribution in [0.15, 0.2) is 46.2 Å². The predicted octanol–water partition coefficient (Wildman–Crippen LogP) is 5.09. The maximum Gasteiger partial charge on any atom is 0.263 e. The van der Waals surface area contributed by atoms with Crippen LogP contribution in [0.3, 0.4) is 0 Å². The number of benzene rings is 1. The highest BCUT2D eigenvalue weighted by Crippen LogP contribution is 2.45. The number of hydrogen-bond acceptors (Lipinski definition) is 7. The molecular weight excluding hydrogens is 455 g/mol. The Morgan fingerprint density at radius 3 is 2.91 bits per heavy atom. The van der Waals surface area contributed by atoms with E-state index >= 15 is 0 Å². The molecule has 1 N–H and O–H groups in total. The van der Waals surface area contributed by atoms with E-state index < -0.39 is 5.82 Å². The maximum atomic E-state index is 14.0. The molecule has 32 heavy (non-hydrogen) atoms. The molecule has 1 saturated carbocycles. The van der Waals surface area contributed by atoms with Crippen LogP contribution in [0.2, 0.25) is 5.02 Å². The van der Waals surface area contributed by atoms with Crippen LogP contribution in [0.5, 0.6) is 5.75 Å². The smallest absolute Gasteiger partial charge is 0.263 e. The summed E-state index contributed by atoms with van der Waals surface area (Å²) in [6.07, 6.45) is 5.81. The van der Waals surface area contributed by atoms with Crippen molar-refractivity contribution < 1.29 is 13.9 Å². The molecule has 1 aliphatic carbocycles. The van der Waals surface area contributed by atoms with Gasteiger partial charge in [0.2, 0.25) is 0 Å². The van der Waals surface area contributed by atoms with Crippen molar-refractivity contribution in [2.45, 2.75) is 25.3 Å². The largest absolute Gasteiger partial charge is 0.505 e. The number of aromatic hydroxyl groups is 1. The summed E-state index contributed by atoms with van der Waals surface area (Å²) in [4.78, 5) is 27.2. The molecule has 0 spiro atoms. The number of oxazole rings is 1. The Morgan fingerprint density at radius 1 is 1.31 bits per heavy atom. The standard InChI is InChI=1S/C22H14ClFN4O3S/c23-15-4-3-13-16-21(32-19(13)18(15)29)27-20(28(22(16)30)8-12-7-25-9-31-12)17-14(10-1-2-10)5-11(24)6-26-17/h3-7,9-10,29H,1-2,8H2. The summed E-state index contributed by atoms with van der Waals surface area (Å²) in [5.74, 6) is 0.452. The molecule has 0 amide bonds. The molecule has 0 aliphatic heterocycles. The molecule has 0 radical (unpaired) electrons. The third-order valence-electron chi connectivity index (χ3n) is 5.60. The molecule has 4 heterocycles. The van der Waals surface area contributed by atoms with Crippen LogP contribution in [0, 0.1) is 5.82 Å². The van der Waals surface area contributed by atoms with E-state index in [1.54, 1.807) is 12.1 Å². The third-order valence-corrected chi connectivity index (χ3v) is 7.01. The number of hydrogen-bond donors (Lipinski definition) is 1. The molecule has 0 atom stereocenters. The van der Waals surface area contributed by atoms with Gasteiger partial charge in [0.15, 0.2) is 18.0 Å². The third kappa shape index (κ3) is 3.00. The number of thiophene rings is 1. The van der Waals surface area contributed by atoms with Gasteiger partial charge in [0.05, 0.1) is 34.0 Å². The van der Waals surface area contributed by atoms with Crippen molar-refractivity contribution in [3.63, 3.8) is 0 Å². The number of aromatic nitrogens is 4. The molecule has 7 nitrogen and oxygen atoms in total. The fourth-order valence-electron chi connectivity index (χ4n) is 3.93. The molecule has 5 aromatic rings. The first-order chi connectivity index (χ1) is 15.5. The Morgan fingerprint density at radius 2 is 2.16 bits per heavy atom. The number of nitrogens with zero attached hydrogens (tertiary/aromatic N) is 4. The summed E-state index contributed by atoms with van der Waals surface area (Å²) in [6, 6.07) is 4.71. The first-order valence-corrected chi connectivity index (χ1v) is 11.1. The van der Waals surface area contributed by atoms with Crippen molar-refractivity contribution in [2.24, 2.45) is 0 Å². The summed E-state index contributed by atoms with van der Waals surface area (Å²) in [6.45, 7) is 0.0805. The zero-order chi connectivity index (χ0) is 22.0. The predicted molar refractivity (Wildman–Crippen MR) is 119 cm³/mol. The Hall–Kier alpha value is -3.30. The van der Waals surface area contributed by atoms with Gasteiger partial charge in [0, 0.05) is 5.39 Å². The molecule has 1 aromatic carbocycles. The molecule has 0 bridgehead atoms. The molecule has 160 valence electrons. The quantitative estimate of drug-likeness (QED) is 0.395.